The van der Waals surface area contributed by atoms with Crippen LogP contribution in [0.15, 0.2) is 42.6 Å². The van der Waals surface area contributed by atoms with Crippen LogP contribution in [0.2, 0.25) is 0 Å². The van der Waals surface area contributed by atoms with Crippen LogP contribution in [0.5, 0.6) is 0 Å². The molecule has 0 N–H and O–H groups in total. The molecule has 0 unspecified atom stereocenters. The van der Waals surface area contributed by atoms with Crippen molar-refractivity contribution in [1.29, 1.82) is 0 Å². The van der Waals surface area contributed by atoms with Gasteiger partial charge in [0.15, 0.2) is 0 Å². The zero-order valence-electron chi connectivity index (χ0n) is 21.5. The van der Waals surface area contributed by atoms with Gasteiger partial charge in [-0.1, -0.05) is 36.8 Å². The van der Waals surface area contributed by atoms with E-state index in [1.54, 1.807) is 12.3 Å². The Hall–Kier alpha value is -2.93. The van der Waals surface area contributed by atoms with E-state index in [0.717, 1.165) is 37.1 Å². The van der Waals surface area contributed by atoms with Gasteiger partial charge in [0.05, 0.1) is 19.0 Å². The number of rotatable bonds is 6. The van der Waals surface area contributed by atoms with E-state index in [2.05, 4.69) is 59.2 Å². The number of nitrogens with zero attached hydrogens (tertiary/aromatic N) is 4. The van der Waals surface area contributed by atoms with Crippen molar-refractivity contribution in [3.05, 3.63) is 59.4 Å². The maximum Gasteiger partial charge on any atom is 0.356 e. The number of hydrogen-bond donors (Lipinski definition) is 0. The molecule has 7 nitrogen and oxygen atoms in total. The Morgan fingerprint density at radius 1 is 1.14 bits per heavy atom. The summed E-state index contributed by atoms with van der Waals surface area (Å²) in [5.41, 5.74) is 3.02. The van der Waals surface area contributed by atoms with Crippen molar-refractivity contribution in [2.75, 3.05) is 45.7 Å². The molecule has 1 saturated heterocycles. The first-order valence-electron chi connectivity index (χ1n) is 12.7. The summed E-state index contributed by atoms with van der Waals surface area (Å²) in [7, 11) is 5.65. The number of urea groups is 1. The number of methoxy groups -OCH3 is 1. The monoisotopic (exact) mass is 478 g/mol. The highest BCUT2D eigenvalue weighted by molar-refractivity contribution is 5.94. The van der Waals surface area contributed by atoms with Crippen molar-refractivity contribution in [2.45, 2.75) is 51.0 Å². The molecule has 1 saturated carbocycles. The smallest absolute Gasteiger partial charge is 0.356 e. The molecule has 1 aliphatic carbocycles. The summed E-state index contributed by atoms with van der Waals surface area (Å²) in [6.45, 7) is 4.02. The van der Waals surface area contributed by atoms with Crippen molar-refractivity contribution in [1.82, 2.24) is 14.8 Å². The van der Waals surface area contributed by atoms with E-state index < -0.39 is 5.97 Å². The van der Waals surface area contributed by atoms with Gasteiger partial charge in [0.1, 0.15) is 5.69 Å². The van der Waals surface area contributed by atoms with Crippen LogP contribution in [0.3, 0.4) is 0 Å². The Bertz CT molecular complexity index is 1040. The van der Waals surface area contributed by atoms with E-state index >= 15 is 0 Å². The lowest BCUT2D eigenvalue weighted by Gasteiger charge is -2.42. The average molecular weight is 479 g/mol. The van der Waals surface area contributed by atoms with E-state index in [1.807, 2.05) is 11.8 Å². The van der Waals surface area contributed by atoms with Gasteiger partial charge in [-0.25, -0.2) is 14.6 Å². The van der Waals surface area contributed by atoms with E-state index in [1.165, 1.54) is 31.9 Å². The summed E-state index contributed by atoms with van der Waals surface area (Å²) in [5, 5.41) is 0. The van der Waals surface area contributed by atoms with Crippen LogP contribution in [0.1, 0.15) is 60.1 Å². The molecule has 2 aromatic rings. The van der Waals surface area contributed by atoms with E-state index in [9.17, 15) is 9.59 Å². The number of amides is 2. The molecule has 1 atom stereocenters. The molecule has 0 spiro atoms. The maximum absolute atomic E-state index is 14.0. The topological polar surface area (TPSA) is 66.0 Å². The number of pyridine rings is 1. The molecular formula is C28H38N4O3. The van der Waals surface area contributed by atoms with Crippen LogP contribution < -0.4 is 4.90 Å². The van der Waals surface area contributed by atoms with Crippen LogP contribution in [0, 0.1) is 12.8 Å². The molecule has 2 aliphatic rings. The minimum absolute atomic E-state index is 0.0373. The molecule has 0 bridgehead atoms. The van der Waals surface area contributed by atoms with Gasteiger partial charge in [0, 0.05) is 25.2 Å². The second kappa shape index (κ2) is 10.8. The predicted octanol–water partition coefficient (Wildman–Crippen LogP) is 4.85. The van der Waals surface area contributed by atoms with Gasteiger partial charge >= 0.3 is 12.0 Å². The van der Waals surface area contributed by atoms with Crippen molar-refractivity contribution in [3.63, 3.8) is 0 Å². The molecular weight excluding hydrogens is 440 g/mol. The lowest BCUT2D eigenvalue weighted by atomic mass is 9.80. The zero-order valence-corrected chi connectivity index (χ0v) is 21.5. The van der Waals surface area contributed by atoms with Crippen LogP contribution in [0.25, 0.3) is 0 Å². The number of ether oxygens (including phenoxy) is 1. The van der Waals surface area contributed by atoms with Gasteiger partial charge in [0.2, 0.25) is 0 Å². The molecule has 2 heterocycles. The minimum Gasteiger partial charge on any atom is -0.464 e. The highest BCUT2D eigenvalue weighted by atomic mass is 16.5. The molecule has 1 aliphatic heterocycles. The third-order valence-electron chi connectivity index (χ3n) is 7.91. The largest absolute Gasteiger partial charge is 0.464 e. The number of aryl methyl sites for hydroxylation is 1. The number of aromatic nitrogens is 1. The van der Waals surface area contributed by atoms with Crippen molar-refractivity contribution in [2.24, 2.45) is 5.92 Å². The Kier molecular flexibility index (Phi) is 7.75. The van der Waals surface area contributed by atoms with Crippen molar-refractivity contribution < 1.29 is 14.3 Å². The SMILES string of the molecule is COC(=O)c1cc(C)c(N2CCC[C@](c3ccccc3)(N(C)C)CCN(CC3CCC3)C2=O)cn1. The van der Waals surface area contributed by atoms with Gasteiger partial charge in [-0.05, 0) is 76.2 Å². The molecule has 4 rings (SSSR count). The lowest BCUT2D eigenvalue weighted by molar-refractivity contribution is 0.0594. The summed E-state index contributed by atoms with van der Waals surface area (Å²) < 4.78 is 4.82. The van der Waals surface area contributed by atoms with Gasteiger partial charge < -0.3 is 9.64 Å². The number of hydrogen-bond acceptors (Lipinski definition) is 5. The second-order valence-electron chi connectivity index (χ2n) is 10.2. The molecule has 2 amide bonds. The van der Waals surface area contributed by atoms with Gasteiger partial charge in [0.25, 0.3) is 0 Å². The first kappa shape index (κ1) is 25.2. The quantitative estimate of drug-likeness (QED) is 0.556. The fourth-order valence-electron chi connectivity index (χ4n) is 5.51. The number of carbonyl (C=O) groups is 2. The predicted molar refractivity (Wildman–Crippen MR) is 138 cm³/mol. The molecule has 7 heteroatoms. The lowest BCUT2D eigenvalue weighted by Crippen LogP contribution is -2.48. The number of esters is 1. The Balaban J connectivity index is 1.69. The van der Waals surface area contributed by atoms with Gasteiger partial charge in [-0.15, -0.1) is 0 Å². The van der Waals surface area contributed by atoms with E-state index in [-0.39, 0.29) is 17.3 Å². The maximum atomic E-state index is 14.0. The zero-order chi connectivity index (χ0) is 25.0. The summed E-state index contributed by atoms with van der Waals surface area (Å²) in [6, 6.07) is 12.5. The highest BCUT2D eigenvalue weighted by Crippen LogP contribution is 2.38. The van der Waals surface area contributed by atoms with Crippen molar-refractivity contribution >= 4 is 17.7 Å². The summed E-state index contributed by atoms with van der Waals surface area (Å²) >= 11 is 0. The summed E-state index contributed by atoms with van der Waals surface area (Å²) in [4.78, 5) is 36.5. The standard InChI is InChI=1S/C28H38N4O3/c1-21-18-24(26(33)35-4)29-19-25(21)32-16-9-14-28(30(2)3,23-12-6-5-7-13-23)15-17-31(27(32)34)20-22-10-8-11-22/h5-7,12-13,18-19,22H,8-11,14-17,20H2,1-4H3/t28-/m0/s1. The first-order valence-corrected chi connectivity index (χ1v) is 12.7. The Labute approximate surface area is 209 Å². The third kappa shape index (κ3) is 5.20. The number of carbonyl (C=O) groups excluding carboxylic acids is 2. The van der Waals surface area contributed by atoms with Crippen LogP contribution in [-0.2, 0) is 10.3 Å². The molecule has 1 aromatic heterocycles. The van der Waals surface area contributed by atoms with Crippen LogP contribution >= 0.6 is 0 Å². The Morgan fingerprint density at radius 3 is 2.49 bits per heavy atom. The fourth-order valence-corrected chi connectivity index (χ4v) is 5.51. The molecule has 35 heavy (non-hydrogen) atoms. The van der Waals surface area contributed by atoms with Gasteiger partial charge in [-0.2, -0.15) is 0 Å². The number of anilines is 1. The second-order valence-corrected chi connectivity index (χ2v) is 10.2. The molecule has 1 aromatic carbocycles. The third-order valence-corrected chi connectivity index (χ3v) is 7.91. The van der Waals surface area contributed by atoms with E-state index in [4.69, 9.17) is 4.74 Å². The Morgan fingerprint density at radius 2 is 1.89 bits per heavy atom. The molecule has 188 valence electrons. The highest BCUT2D eigenvalue weighted by Gasteiger charge is 2.38. The molecule has 2 fully saturated rings. The minimum atomic E-state index is -0.472. The number of benzene rings is 1. The first-order chi connectivity index (χ1) is 16.9. The normalized spacial score (nSPS) is 21.8. The van der Waals surface area contributed by atoms with Crippen LogP contribution in [0.4, 0.5) is 10.5 Å². The summed E-state index contributed by atoms with van der Waals surface area (Å²) in [5.74, 6) is 0.105. The fraction of sp³-hybridized carbons (Fsp3) is 0.536. The molecule has 0 radical (unpaired) electrons. The van der Waals surface area contributed by atoms with Crippen LogP contribution in [-0.4, -0.2) is 67.6 Å². The summed E-state index contributed by atoms with van der Waals surface area (Å²) in [6.07, 6.45) is 7.96. The van der Waals surface area contributed by atoms with Gasteiger partial charge in [-0.3, -0.25) is 9.80 Å². The van der Waals surface area contributed by atoms with Crippen molar-refractivity contribution in [3.8, 4) is 0 Å². The average Bonchev–Trinajstić information content (AvgIpc) is 2.90. The van der Waals surface area contributed by atoms with E-state index in [0.29, 0.717) is 19.0 Å².